The molecular formula is C23H34NO5PS. The van der Waals surface area contributed by atoms with E-state index in [1.807, 2.05) is 30.3 Å². The van der Waals surface area contributed by atoms with Crippen molar-refractivity contribution in [3.05, 3.63) is 46.9 Å². The van der Waals surface area contributed by atoms with Crippen LogP contribution in [0.1, 0.15) is 57.9 Å². The predicted octanol–water partition coefficient (Wildman–Crippen LogP) is 6.32. The van der Waals surface area contributed by atoms with Gasteiger partial charge in [-0.1, -0.05) is 49.6 Å². The fourth-order valence-electron chi connectivity index (χ4n) is 4.48. The molecule has 1 heterocycles. The van der Waals surface area contributed by atoms with Gasteiger partial charge in [0.05, 0.1) is 13.2 Å². The van der Waals surface area contributed by atoms with Gasteiger partial charge in [0.2, 0.25) is 0 Å². The van der Waals surface area contributed by atoms with Crippen LogP contribution >= 0.6 is 17.8 Å². The van der Waals surface area contributed by atoms with Crippen LogP contribution in [0.3, 0.4) is 0 Å². The molecule has 0 saturated heterocycles. The van der Waals surface area contributed by atoms with Gasteiger partial charge in [-0.2, -0.15) is 0 Å². The molecule has 0 radical (unpaired) electrons. The largest absolute Gasteiger partial charge is 0.435 e. The normalized spacial score (nSPS) is 24.8. The number of ketones is 1. The molecule has 1 atom stereocenters. The molecule has 3 rings (SSSR count). The predicted molar refractivity (Wildman–Crippen MR) is 126 cm³/mol. The second-order valence-electron chi connectivity index (χ2n) is 8.05. The van der Waals surface area contributed by atoms with Crippen molar-refractivity contribution in [1.29, 1.82) is 0 Å². The molecule has 0 bridgehead atoms. The van der Waals surface area contributed by atoms with Crippen molar-refractivity contribution in [2.75, 3.05) is 19.0 Å². The maximum absolute atomic E-state index is 13.9. The molecule has 0 spiro atoms. The molecule has 6 nitrogen and oxygen atoms in total. The summed E-state index contributed by atoms with van der Waals surface area (Å²) in [6.07, 6.45) is 7.46. The number of benzene rings is 1. The topological polar surface area (TPSA) is 81.7 Å². The molecular weight excluding hydrogens is 433 g/mol. The molecule has 0 aromatic heterocycles. The minimum absolute atomic E-state index is 0.0855. The Morgan fingerprint density at radius 2 is 1.74 bits per heavy atom. The number of hydrogen-bond donors (Lipinski definition) is 1. The number of allylic oxidation sites excluding steroid dienone is 2. The van der Waals surface area contributed by atoms with Gasteiger partial charge in [0.1, 0.15) is 0 Å². The average molecular weight is 468 g/mol. The minimum atomic E-state index is -3.76. The Morgan fingerprint density at radius 3 is 2.35 bits per heavy atom. The summed E-state index contributed by atoms with van der Waals surface area (Å²) in [6.45, 7) is 3.78. The highest BCUT2D eigenvalue weighted by molar-refractivity contribution is 8.47. The number of rotatable bonds is 8. The van der Waals surface area contributed by atoms with Crippen molar-refractivity contribution >= 4 is 28.8 Å². The lowest BCUT2D eigenvalue weighted by molar-refractivity contribution is -0.114. The third-order valence-corrected chi connectivity index (χ3v) is 11.6. The molecule has 1 amide bonds. The fourth-order valence-corrected chi connectivity index (χ4v) is 10.2. The van der Waals surface area contributed by atoms with E-state index in [4.69, 9.17) is 9.05 Å². The van der Waals surface area contributed by atoms with E-state index in [0.29, 0.717) is 17.9 Å². The summed E-state index contributed by atoms with van der Waals surface area (Å²) >= 11 is 0. The van der Waals surface area contributed by atoms with Crippen LogP contribution in [0.4, 0.5) is 4.79 Å². The second kappa shape index (κ2) is 11.0. The molecule has 1 aromatic rings. The summed E-state index contributed by atoms with van der Waals surface area (Å²) in [4.78, 5) is 27.3. The van der Waals surface area contributed by atoms with Crippen molar-refractivity contribution < 1.29 is 23.2 Å². The molecule has 1 N–H and O–H groups in total. The van der Waals surface area contributed by atoms with E-state index < -0.39 is 17.8 Å². The van der Waals surface area contributed by atoms with Gasteiger partial charge in [0.15, 0.2) is 5.78 Å². The van der Waals surface area contributed by atoms with Crippen molar-refractivity contribution in [1.82, 2.24) is 5.09 Å². The molecule has 1 aromatic carbocycles. The van der Waals surface area contributed by atoms with E-state index in [9.17, 15) is 14.2 Å². The van der Waals surface area contributed by atoms with Gasteiger partial charge in [-0.25, -0.2) is 4.57 Å². The second-order valence-corrected chi connectivity index (χ2v) is 13.1. The zero-order valence-electron chi connectivity index (χ0n) is 18.5. The van der Waals surface area contributed by atoms with E-state index in [2.05, 4.69) is 5.09 Å². The number of hydrogen-bond acceptors (Lipinski definition) is 5. The van der Waals surface area contributed by atoms with Crippen LogP contribution in [0.2, 0.25) is 0 Å². The van der Waals surface area contributed by atoms with Gasteiger partial charge in [0, 0.05) is 12.2 Å². The summed E-state index contributed by atoms with van der Waals surface area (Å²) in [5.74, 6) is 1.32. The molecule has 1 aliphatic carbocycles. The summed E-state index contributed by atoms with van der Waals surface area (Å²) in [5.41, 5.74) is 1.05. The van der Waals surface area contributed by atoms with Crippen LogP contribution in [-0.4, -0.2) is 30.0 Å². The van der Waals surface area contributed by atoms with Crippen LogP contribution in [0.15, 0.2) is 41.3 Å². The molecule has 31 heavy (non-hydrogen) atoms. The van der Waals surface area contributed by atoms with Gasteiger partial charge in [-0.15, -0.1) is 10.0 Å². The van der Waals surface area contributed by atoms with Crippen molar-refractivity contribution in [2.24, 2.45) is 5.92 Å². The van der Waals surface area contributed by atoms with Crippen LogP contribution in [0.25, 0.3) is 0 Å². The minimum Gasteiger partial charge on any atom is -0.295 e. The molecule has 1 fully saturated rings. The van der Waals surface area contributed by atoms with Gasteiger partial charge in [0.25, 0.3) is 5.24 Å². The highest BCUT2D eigenvalue weighted by atomic mass is 32.3. The van der Waals surface area contributed by atoms with E-state index in [0.717, 1.165) is 36.2 Å². The van der Waals surface area contributed by atoms with Gasteiger partial charge < -0.3 is 0 Å². The molecule has 2 aliphatic rings. The Labute approximate surface area is 187 Å². The molecule has 1 unspecified atom stereocenters. The van der Waals surface area contributed by atoms with Crippen LogP contribution in [0, 0.1) is 5.92 Å². The first-order valence-electron chi connectivity index (χ1n) is 11.2. The Balaban J connectivity index is 2.03. The molecule has 1 saturated carbocycles. The smallest absolute Gasteiger partial charge is 0.295 e. The Hall–Kier alpha value is -1.40. The first kappa shape index (κ1) is 24.2. The lowest BCUT2D eigenvalue weighted by Gasteiger charge is -2.46. The monoisotopic (exact) mass is 467 g/mol. The lowest BCUT2D eigenvalue weighted by Crippen LogP contribution is -2.35. The Morgan fingerprint density at radius 1 is 1.10 bits per heavy atom. The Bertz CT molecular complexity index is 843. The summed E-state index contributed by atoms with van der Waals surface area (Å²) in [6, 6.07) is 9.91. The highest BCUT2D eigenvalue weighted by Gasteiger charge is 2.45. The van der Waals surface area contributed by atoms with Crippen LogP contribution in [-0.2, 0) is 24.2 Å². The lowest BCUT2D eigenvalue weighted by atomic mass is 9.88. The Kier molecular flexibility index (Phi) is 8.57. The summed E-state index contributed by atoms with van der Waals surface area (Å²) in [5, 5.41) is 2.38. The van der Waals surface area contributed by atoms with Gasteiger partial charge in [-0.3, -0.25) is 23.7 Å². The maximum atomic E-state index is 13.9. The third kappa shape index (κ3) is 5.89. The first-order chi connectivity index (χ1) is 14.9. The van der Waals surface area contributed by atoms with E-state index in [1.54, 1.807) is 19.9 Å². The average Bonchev–Trinajstić information content (AvgIpc) is 2.76. The third-order valence-electron chi connectivity index (χ3n) is 5.90. The summed E-state index contributed by atoms with van der Waals surface area (Å²) < 4.78 is 23.9. The number of amides is 1. The standard InChI is InChI=1S/C23H34NO5PS/c1-3-28-30(27,29-4-2)24-23(26)31(18-19-11-7-5-8-12-19)16-15-21(25)17-22(31)20-13-9-6-10-14-20/h5,7-8,11-12,17,20H,3-4,6,9-10,13-16,18H2,1-2H3,(H,24,26,27). The number of carbonyl (C=O) groups excluding carboxylic acids is 2. The van der Waals surface area contributed by atoms with E-state index >= 15 is 0 Å². The maximum Gasteiger partial charge on any atom is 0.435 e. The van der Waals surface area contributed by atoms with Crippen molar-refractivity contribution in [3.8, 4) is 0 Å². The van der Waals surface area contributed by atoms with Crippen LogP contribution in [0.5, 0.6) is 0 Å². The van der Waals surface area contributed by atoms with Crippen molar-refractivity contribution in [2.45, 2.75) is 58.1 Å². The number of carbonyl (C=O) groups is 2. The molecule has 172 valence electrons. The SMILES string of the molecule is CCOP(=O)(NC(=O)S1(Cc2ccccc2)CCC(=O)C=C1C1CCCCC1)OCC. The van der Waals surface area contributed by atoms with Crippen molar-refractivity contribution in [3.63, 3.8) is 0 Å². The van der Waals surface area contributed by atoms with Gasteiger partial charge >= 0.3 is 7.75 Å². The fraction of sp³-hybridized carbons (Fsp3) is 0.565. The first-order valence-corrected chi connectivity index (χ1v) is 14.7. The molecule has 1 aliphatic heterocycles. The molecule has 8 heteroatoms. The summed E-state index contributed by atoms with van der Waals surface area (Å²) in [7, 11) is -5.88. The quantitative estimate of drug-likeness (QED) is 0.453. The number of nitrogens with one attached hydrogen (secondary N) is 1. The van der Waals surface area contributed by atoms with Gasteiger partial charge in [-0.05, 0) is 54.9 Å². The van der Waals surface area contributed by atoms with E-state index in [-0.39, 0.29) is 30.2 Å². The zero-order chi connectivity index (χ0) is 22.3. The highest BCUT2D eigenvalue weighted by Crippen LogP contribution is 2.65. The van der Waals surface area contributed by atoms with Crippen LogP contribution < -0.4 is 5.09 Å². The van der Waals surface area contributed by atoms with E-state index in [1.165, 1.54) is 6.42 Å². The zero-order valence-corrected chi connectivity index (χ0v) is 20.2.